The predicted octanol–water partition coefficient (Wildman–Crippen LogP) is 4.41. The van der Waals surface area contributed by atoms with Crippen LogP contribution in [0.3, 0.4) is 0 Å². The van der Waals surface area contributed by atoms with Crippen LogP contribution < -0.4 is 10.5 Å². The number of carbonyl (C=O) groups excluding carboxylic acids is 1. The van der Waals surface area contributed by atoms with Gasteiger partial charge in [-0.15, -0.1) is 0 Å². The van der Waals surface area contributed by atoms with E-state index in [2.05, 4.69) is 41.9 Å². The van der Waals surface area contributed by atoms with Gasteiger partial charge in [-0.05, 0) is 81.3 Å². The molecule has 11 heteroatoms. The van der Waals surface area contributed by atoms with Gasteiger partial charge in [0.2, 0.25) is 0 Å². The Bertz CT molecular complexity index is 1220. The summed E-state index contributed by atoms with van der Waals surface area (Å²) in [4.78, 5) is 30.7. The largest absolute Gasteiger partial charge is 0.490 e. The molecular formula is C29H37F3N4O4. The Balaban J connectivity index is 0.000000470. The number of halogens is 3. The molecule has 3 aliphatic rings. The number of piperidine rings is 2. The molecule has 1 aromatic carbocycles. The molecule has 3 aliphatic heterocycles. The Morgan fingerprint density at radius 3 is 2.30 bits per heavy atom. The zero-order valence-corrected chi connectivity index (χ0v) is 23.0. The molecule has 1 spiro atoms. The van der Waals surface area contributed by atoms with Gasteiger partial charge in [-0.3, -0.25) is 14.7 Å². The first kappa shape index (κ1) is 29.8. The van der Waals surface area contributed by atoms with Crippen LogP contribution >= 0.6 is 0 Å². The van der Waals surface area contributed by atoms with Crippen molar-refractivity contribution in [1.82, 2.24) is 14.8 Å². The number of carboxylic acid groups (broad SMARTS) is 1. The van der Waals surface area contributed by atoms with Crippen LogP contribution in [0.2, 0.25) is 0 Å². The van der Waals surface area contributed by atoms with E-state index < -0.39 is 12.1 Å². The van der Waals surface area contributed by atoms with Crippen LogP contribution in [0, 0.1) is 5.41 Å². The van der Waals surface area contributed by atoms with E-state index in [9.17, 15) is 18.0 Å². The lowest BCUT2D eigenvalue weighted by atomic mass is 9.71. The van der Waals surface area contributed by atoms with Crippen LogP contribution in [0.4, 0.5) is 13.2 Å². The minimum Gasteiger partial charge on any atom is -0.487 e. The van der Waals surface area contributed by atoms with Crippen molar-refractivity contribution >= 4 is 11.9 Å². The SMILES string of the molecule is CC1(C)Cc2cccc(CN3CCC4(CC3)CCN(C(=O)c3cc(CN)ccn3)CC4)c2O1.O=C(O)C(F)(F)F. The third kappa shape index (κ3) is 7.11. The smallest absolute Gasteiger partial charge is 0.487 e. The number of carboxylic acids is 1. The zero-order valence-electron chi connectivity index (χ0n) is 23.0. The van der Waals surface area contributed by atoms with Gasteiger partial charge in [0.1, 0.15) is 17.0 Å². The van der Waals surface area contributed by atoms with Crippen LogP contribution in [0.15, 0.2) is 36.5 Å². The highest BCUT2D eigenvalue weighted by Crippen LogP contribution is 2.43. The Labute approximate surface area is 232 Å². The normalized spacial score (nSPS) is 19.8. The molecule has 2 fully saturated rings. The number of aromatic nitrogens is 1. The summed E-state index contributed by atoms with van der Waals surface area (Å²) in [5.74, 6) is -1.60. The molecule has 3 N–H and O–H groups in total. The van der Waals surface area contributed by atoms with Crippen LogP contribution in [0.25, 0.3) is 0 Å². The minimum absolute atomic E-state index is 0.0402. The molecule has 218 valence electrons. The quantitative estimate of drug-likeness (QED) is 0.569. The van der Waals surface area contributed by atoms with E-state index in [1.807, 2.05) is 17.0 Å². The Hall–Kier alpha value is -3.18. The summed E-state index contributed by atoms with van der Waals surface area (Å²) in [7, 11) is 0. The molecule has 40 heavy (non-hydrogen) atoms. The van der Waals surface area contributed by atoms with Gasteiger partial charge in [0.15, 0.2) is 0 Å². The number of likely N-dealkylation sites (tertiary alicyclic amines) is 2. The van der Waals surface area contributed by atoms with Crippen molar-refractivity contribution in [2.75, 3.05) is 26.2 Å². The molecule has 2 saturated heterocycles. The Morgan fingerprint density at radius 2 is 1.70 bits per heavy atom. The van der Waals surface area contributed by atoms with E-state index in [0.29, 0.717) is 17.7 Å². The van der Waals surface area contributed by atoms with Gasteiger partial charge < -0.3 is 20.5 Å². The number of para-hydroxylation sites is 1. The van der Waals surface area contributed by atoms with Gasteiger partial charge in [0.25, 0.3) is 5.91 Å². The number of fused-ring (bicyclic) bond motifs is 1. The first-order valence-corrected chi connectivity index (χ1v) is 13.6. The van der Waals surface area contributed by atoms with Crippen LogP contribution in [0.5, 0.6) is 5.75 Å². The van der Waals surface area contributed by atoms with Gasteiger partial charge in [-0.1, -0.05) is 18.2 Å². The third-order valence-electron chi connectivity index (χ3n) is 8.12. The summed E-state index contributed by atoms with van der Waals surface area (Å²) < 4.78 is 38.0. The predicted molar refractivity (Wildman–Crippen MR) is 143 cm³/mol. The number of rotatable bonds is 4. The van der Waals surface area contributed by atoms with Gasteiger partial charge in [-0.2, -0.15) is 13.2 Å². The fourth-order valence-electron chi connectivity index (χ4n) is 5.79. The molecule has 1 aromatic heterocycles. The summed E-state index contributed by atoms with van der Waals surface area (Å²) in [6.45, 7) is 9.60. The lowest BCUT2D eigenvalue weighted by molar-refractivity contribution is -0.192. The highest BCUT2D eigenvalue weighted by molar-refractivity contribution is 5.92. The van der Waals surface area contributed by atoms with Crippen molar-refractivity contribution in [3.63, 3.8) is 0 Å². The molecule has 4 heterocycles. The summed E-state index contributed by atoms with van der Waals surface area (Å²) in [5, 5.41) is 7.12. The summed E-state index contributed by atoms with van der Waals surface area (Å²) in [6, 6.07) is 10.3. The van der Waals surface area contributed by atoms with E-state index in [0.717, 1.165) is 63.3 Å². The number of amides is 1. The summed E-state index contributed by atoms with van der Waals surface area (Å²) >= 11 is 0. The second kappa shape index (κ2) is 11.7. The maximum absolute atomic E-state index is 12.9. The molecular weight excluding hydrogens is 525 g/mol. The van der Waals surface area contributed by atoms with Crippen molar-refractivity contribution in [1.29, 1.82) is 0 Å². The molecule has 1 amide bonds. The topological polar surface area (TPSA) is 109 Å². The first-order valence-electron chi connectivity index (χ1n) is 13.6. The first-order chi connectivity index (χ1) is 18.8. The molecule has 0 radical (unpaired) electrons. The van der Waals surface area contributed by atoms with Crippen molar-refractivity contribution in [3.05, 3.63) is 58.9 Å². The van der Waals surface area contributed by atoms with Crippen LogP contribution in [0.1, 0.15) is 66.7 Å². The number of benzene rings is 1. The zero-order chi connectivity index (χ0) is 29.1. The number of nitrogens with two attached hydrogens (primary N) is 1. The average Bonchev–Trinajstić information content (AvgIpc) is 3.25. The second-order valence-corrected chi connectivity index (χ2v) is 11.6. The number of alkyl halides is 3. The van der Waals surface area contributed by atoms with E-state index in [1.54, 1.807) is 6.20 Å². The lowest BCUT2D eigenvalue weighted by Crippen LogP contribution is -2.48. The summed E-state index contributed by atoms with van der Waals surface area (Å²) in [5.41, 5.74) is 10.1. The standard InChI is InChI=1S/C27H36N4O2.C2HF3O2/c1-26(2)17-21-4-3-5-22(24(21)33-26)19-30-12-7-27(8-13-30)9-14-31(15-10-27)25(32)23-16-20(18-28)6-11-29-23;3-2(4,5)1(6)7/h3-6,11,16H,7-10,12-15,17-19,28H2,1-2H3;(H,6,7). The molecule has 8 nitrogen and oxygen atoms in total. The van der Waals surface area contributed by atoms with Crippen molar-refractivity contribution in [2.24, 2.45) is 11.1 Å². The summed E-state index contributed by atoms with van der Waals surface area (Å²) in [6.07, 6.45) is 2.17. The van der Waals surface area contributed by atoms with Gasteiger partial charge in [0, 0.05) is 44.4 Å². The fourth-order valence-corrected chi connectivity index (χ4v) is 5.79. The number of ether oxygens (including phenoxy) is 1. The van der Waals surface area contributed by atoms with Gasteiger partial charge in [0.05, 0.1) is 0 Å². The maximum Gasteiger partial charge on any atom is 0.490 e. The molecule has 0 aliphatic carbocycles. The monoisotopic (exact) mass is 562 g/mol. The number of pyridine rings is 1. The lowest BCUT2D eigenvalue weighted by Gasteiger charge is -2.47. The van der Waals surface area contributed by atoms with E-state index in [1.165, 1.54) is 24.0 Å². The number of hydrogen-bond acceptors (Lipinski definition) is 6. The molecule has 2 aromatic rings. The fraction of sp³-hybridized carbons (Fsp3) is 0.552. The van der Waals surface area contributed by atoms with E-state index >= 15 is 0 Å². The van der Waals surface area contributed by atoms with Crippen molar-refractivity contribution in [3.8, 4) is 5.75 Å². The van der Waals surface area contributed by atoms with E-state index in [4.69, 9.17) is 20.4 Å². The second-order valence-electron chi connectivity index (χ2n) is 11.6. The number of nitrogens with zero attached hydrogens (tertiary/aromatic N) is 3. The van der Waals surface area contributed by atoms with E-state index in [-0.39, 0.29) is 11.5 Å². The third-order valence-corrected chi connectivity index (χ3v) is 8.12. The highest BCUT2D eigenvalue weighted by atomic mass is 19.4. The molecule has 0 unspecified atom stereocenters. The van der Waals surface area contributed by atoms with Gasteiger partial charge >= 0.3 is 12.1 Å². The Morgan fingerprint density at radius 1 is 1.07 bits per heavy atom. The molecule has 0 saturated carbocycles. The number of aliphatic carboxylic acids is 1. The number of hydrogen-bond donors (Lipinski definition) is 2. The minimum atomic E-state index is -5.08. The van der Waals surface area contributed by atoms with Crippen LogP contribution in [-0.4, -0.2) is 69.7 Å². The van der Waals surface area contributed by atoms with Crippen molar-refractivity contribution in [2.45, 2.75) is 70.8 Å². The van der Waals surface area contributed by atoms with Gasteiger partial charge in [-0.25, -0.2) is 4.79 Å². The molecule has 5 rings (SSSR count). The maximum atomic E-state index is 12.9. The highest BCUT2D eigenvalue weighted by Gasteiger charge is 2.40. The Kier molecular flexibility index (Phi) is 8.75. The molecule has 0 bridgehead atoms. The number of carbonyl (C=O) groups is 2. The van der Waals surface area contributed by atoms with Crippen LogP contribution in [-0.2, 0) is 24.3 Å². The van der Waals surface area contributed by atoms with Crippen molar-refractivity contribution < 1.29 is 32.6 Å². The average molecular weight is 563 g/mol. The molecule has 0 atom stereocenters.